The number of piperidine rings is 1. The van der Waals surface area contributed by atoms with Gasteiger partial charge in [0.15, 0.2) is 0 Å². The van der Waals surface area contributed by atoms with Crippen LogP contribution in [0.3, 0.4) is 0 Å². The summed E-state index contributed by atoms with van der Waals surface area (Å²) in [6, 6.07) is 3.45. The van der Waals surface area contributed by atoms with Gasteiger partial charge in [-0.3, -0.25) is 4.90 Å². The van der Waals surface area contributed by atoms with Crippen LogP contribution in [-0.4, -0.2) is 31.1 Å². The molecule has 1 N–H and O–H groups in total. The van der Waals surface area contributed by atoms with Gasteiger partial charge in [0.1, 0.15) is 0 Å². The topological polar surface area (TPSA) is 15.3 Å². The summed E-state index contributed by atoms with van der Waals surface area (Å²) in [5, 5.41) is 5.81. The predicted molar refractivity (Wildman–Crippen MR) is 83.3 cm³/mol. The summed E-state index contributed by atoms with van der Waals surface area (Å²) in [5.74, 6) is 0.733. The minimum absolute atomic E-state index is 0.577. The standard InChI is InChI=1S/C14H23BrN2S/c1-10(2)16-8-11-5-4-6-17(3)14(11)13-7-12(15)9-18-13/h7,9-11,14,16H,4-6,8H2,1-3H3. The Balaban J connectivity index is 2.10. The van der Waals surface area contributed by atoms with Crippen LogP contribution in [0.5, 0.6) is 0 Å². The van der Waals surface area contributed by atoms with Gasteiger partial charge in [0, 0.05) is 33.4 Å². The van der Waals surface area contributed by atoms with Crippen molar-refractivity contribution in [2.45, 2.75) is 38.8 Å². The number of likely N-dealkylation sites (tertiary alicyclic amines) is 1. The van der Waals surface area contributed by atoms with E-state index in [1.165, 1.54) is 28.7 Å². The number of hydrogen-bond acceptors (Lipinski definition) is 3. The van der Waals surface area contributed by atoms with Crippen LogP contribution >= 0.6 is 27.3 Å². The Hall–Kier alpha value is 0.1000. The van der Waals surface area contributed by atoms with Crippen LogP contribution in [0.25, 0.3) is 0 Å². The summed E-state index contributed by atoms with van der Waals surface area (Å²) in [5.41, 5.74) is 0. The van der Waals surface area contributed by atoms with Gasteiger partial charge in [0.05, 0.1) is 0 Å². The van der Waals surface area contributed by atoms with Crippen LogP contribution in [0.1, 0.15) is 37.6 Å². The Morgan fingerprint density at radius 1 is 1.56 bits per heavy atom. The lowest BCUT2D eigenvalue weighted by Crippen LogP contribution is -2.41. The van der Waals surface area contributed by atoms with E-state index in [0.29, 0.717) is 12.1 Å². The molecule has 0 spiro atoms. The molecule has 0 aliphatic carbocycles. The fourth-order valence-electron chi connectivity index (χ4n) is 2.79. The maximum absolute atomic E-state index is 3.61. The van der Waals surface area contributed by atoms with Gasteiger partial charge in [-0.05, 0) is 54.3 Å². The summed E-state index contributed by atoms with van der Waals surface area (Å²) in [7, 11) is 2.26. The predicted octanol–water partition coefficient (Wildman–Crippen LogP) is 3.89. The van der Waals surface area contributed by atoms with Gasteiger partial charge in [-0.25, -0.2) is 0 Å². The molecule has 1 saturated heterocycles. The van der Waals surface area contributed by atoms with E-state index >= 15 is 0 Å². The molecule has 2 unspecified atom stereocenters. The highest BCUT2D eigenvalue weighted by atomic mass is 79.9. The van der Waals surface area contributed by atoms with Gasteiger partial charge in [0.2, 0.25) is 0 Å². The molecule has 18 heavy (non-hydrogen) atoms. The van der Waals surface area contributed by atoms with Crippen molar-refractivity contribution in [1.82, 2.24) is 10.2 Å². The fourth-order valence-corrected chi connectivity index (χ4v) is 4.50. The molecule has 0 aromatic carbocycles. The molecule has 0 bridgehead atoms. The van der Waals surface area contributed by atoms with Crippen molar-refractivity contribution in [3.8, 4) is 0 Å². The maximum Gasteiger partial charge on any atom is 0.0479 e. The number of nitrogens with zero attached hydrogens (tertiary/aromatic N) is 1. The lowest BCUT2D eigenvalue weighted by atomic mass is 9.88. The van der Waals surface area contributed by atoms with Crippen LogP contribution in [-0.2, 0) is 0 Å². The fraction of sp³-hybridized carbons (Fsp3) is 0.714. The molecule has 1 aromatic rings. The maximum atomic E-state index is 3.61. The molecule has 1 aliphatic rings. The largest absolute Gasteiger partial charge is 0.314 e. The van der Waals surface area contributed by atoms with Crippen molar-refractivity contribution < 1.29 is 0 Å². The van der Waals surface area contributed by atoms with Crippen LogP contribution < -0.4 is 5.32 Å². The second-order valence-electron chi connectivity index (χ2n) is 5.56. The lowest BCUT2D eigenvalue weighted by molar-refractivity contribution is 0.121. The van der Waals surface area contributed by atoms with Gasteiger partial charge >= 0.3 is 0 Å². The molecule has 1 fully saturated rings. The van der Waals surface area contributed by atoms with E-state index in [1.54, 1.807) is 0 Å². The van der Waals surface area contributed by atoms with Crippen LogP contribution in [0.4, 0.5) is 0 Å². The SMILES string of the molecule is CC(C)NCC1CCCN(C)C1c1cc(Br)cs1. The average Bonchev–Trinajstić information content (AvgIpc) is 2.72. The summed E-state index contributed by atoms with van der Waals surface area (Å²) in [6.45, 7) is 6.80. The van der Waals surface area contributed by atoms with Gasteiger partial charge in [-0.15, -0.1) is 11.3 Å². The second-order valence-corrected chi connectivity index (χ2v) is 7.42. The molecule has 1 aliphatic heterocycles. The van der Waals surface area contributed by atoms with Crippen molar-refractivity contribution in [2.24, 2.45) is 5.92 Å². The van der Waals surface area contributed by atoms with Crippen molar-refractivity contribution in [2.75, 3.05) is 20.1 Å². The zero-order valence-electron chi connectivity index (χ0n) is 11.4. The van der Waals surface area contributed by atoms with E-state index in [4.69, 9.17) is 0 Å². The third kappa shape index (κ3) is 3.56. The first-order valence-corrected chi connectivity index (χ1v) is 8.42. The minimum Gasteiger partial charge on any atom is -0.314 e. The van der Waals surface area contributed by atoms with Gasteiger partial charge in [-0.2, -0.15) is 0 Å². The molecule has 2 rings (SSSR count). The zero-order chi connectivity index (χ0) is 13.1. The van der Waals surface area contributed by atoms with Crippen molar-refractivity contribution in [3.63, 3.8) is 0 Å². The number of halogens is 1. The summed E-state index contributed by atoms with van der Waals surface area (Å²) in [4.78, 5) is 4.02. The highest BCUT2D eigenvalue weighted by Gasteiger charge is 2.31. The van der Waals surface area contributed by atoms with Gasteiger partial charge in [-0.1, -0.05) is 13.8 Å². The quantitative estimate of drug-likeness (QED) is 0.900. The lowest BCUT2D eigenvalue weighted by Gasteiger charge is -2.39. The smallest absolute Gasteiger partial charge is 0.0479 e. The molecule has 1 aromatic heterocycles. The van der Waals surface area contributed by atoms with Gasteiger partial charge in [0.25, 0.3) is 0 Å². The van der Waals surface area contributed by atoms with E-state index < -0.39 is 0 Å². The van der Waals surface area contributed by atoms with Gasteiger partial charge < -0.3 is 5.32 Å². The van der Waals surface area contributed by atoms with Crippen LogP contribution in [0.2, 0.25) is 0 Å². The van der Waals surface area contributed by atoms with E-state index in [1.807, 2.05) is 11.3 Å². The number of nitrogens with one attached hydrogen (secondary N) is 1. The molecule has 0 radical (unpaired) electrons. The molecule has 4 heteroatoms. The molecule has 2 atom stereocenters. The second kappa shape index (κ2) is 6.51. The molecule has 0 saturated carbocycles. The summed E-state index contributed by atoms with van der Waals surface area (Å²) >= 11 is 5.46. The van der Waals surface area contributed by atoms with E-state index in [9.17, 15) is 0 Å². The highest BCUT2D eigenvalue weighted by molar-refractivity contribution is 9.10. The molecular formula is C14H23BrN2S. The monoisotopic (exact) mass is 330 g/mol. The zero-order valence-corrected chi connectivity index (χ0v) is 13.9. The van der Waals surface area contributed by atoms with Crippen LogP contribution in [0.15, 0.2) is 15.9 Å². The average molecular weight is 331 g/mol. The summed E-state index contributed by atoms with van der Waals surface area (Å²) < 4.78 is 1.22. The van der Waals surface area contributed by atoms with Crippen LogP contribution in [0, 0.1) is 5.92 Å². The number of hydrogen-bond donors (Lipinski definition) is 1. The van der Waals surface area contributed by atoms with Crippen molar-refractivity contribution in [1.29, 1.82) is 0 Å². The molecule has 0 amide bonds. The first-order chi connectivity index (χ1) is 8.58. The van der Waals surface area contributed by atoms with E-state index in [-0.39, 0.29) is 0 Å². The molecule has 102 valence electrons. The summed E-state index contributed by atoms with van der Waals surface area (Å²) in [6.07, 6.45) is 2.66. The first kappa shape index (κ1) is 14.5. The van der Waals surface area contributed by atoms with Crippen molar-refractivity contribution >= 4 is 27.3 Å². The minimum atomic E-state index is 0.577. The Bertz CT molecular complexity index is 378. The molecule has 2 heterocycles. The first-order valence-electron chi connectivity index (χ1n) is 6.75. The van der Waals surface area contributed by atoms with E-state index in [2.05, 4.69) is 58.5 Å². The normalized spacial score (nSPS) is 25.8. The third-order valence-electron chi connectivity index (χ3n) is 3.67. The number of thiophene rings is 1. The Morgan fingerprint density at radius 3 is 2.94 bits per heavy atom. The highest BCUT2D eigenvalue weighted by Crippen LogP contribution is 2.38. The van der Waals surface area contributed by atoms with E-state index in [0.717, 1.165) is 12.5 Å². The molecule has 2 nitrogen and oxygen atoms in total. The third-order valence-corrected chi connectivity index (χ3v) is 5.44. The van der Waals surface area contributed by atoms with Crippen molar-refractivity contribution in [3.05, 3.63) is 20.8 Å². The Morgan fingerprint density at radius 2 is 2.33 bits per heavy atom. The Labute approximate surface area is 123 Å². The Kier molecular flexibility index (Phi) is 5.24. The number of rotatable bonds is 4. The molecular weight excluding hydrogens is 308 g/mol.